The van der Waals surface area contributed by atoms with Crippen LogP contribution in [0.15, 0.2) is 29.1 Å². The van der Waals surface area contributed by atoms with E-state index in [9.17, 15) is 4.79 Å². The number of pyridine rings is 1. The van der Waals surface area contributed by atoms with Gasteiger partial charge in [-0.1, -0.05) is 18.2 Å². The van der Waals surface area contributed by atoms with Gasteiger partial charge in [0, 0.05) is 31.6 Å². The summed E-state index contributed by atoms with van der Waals surface area (Å²) < 4.78 is 0. The monoisotopic (exact) mass is 257 g/mol. The Kier molecular flexibility index (Phi) is 3.03. The molecule has 0 spiro atoms. The molecule has 19 heavy (non-hydrogen) atoms. The van der Waals surface area contributed by atoms with Crippen molar-refractivity contribution in [1.29, 1.82) is 0 Å². The molecule has 1 aliphatic heterocycles. The first-order chi connectivity index (χ1) is 9.15. The predicted octanol–water partition coefficient (Wildman–Crippen LogP) is 1.59. The summed E-state index contributed by atoms with van der Waals surface area (Å²) in [6.07, 6.45) is 0. The van der Waals surface area contributed by atoms with Gasteiger partial charge in [0.05, 0.1) is 5.52 Å². The van der Waals surface area contributed by atoms with Crippen LogP contribution in [0.3, 0.4) is 0 Å². The lowest BCUT2D eigenvalue weighted by Crippen LogP contribution is -2.46. The summed E-state index contributed by atoms with van der Waals surface area (Å²) in [5.74, 6) is 0. The van der Waals surface area contributed by atoms with Crippen LogP contribution >= 0.6 is 0 Å². The van der Waals surface area contributed by atoms with Crippen LogP contribution in [0.1, 0.15) is 5.56 Å². The summed E-state index contributed by atoms with van der Waals surface area (Å²) in [7, 11) is 2.12. The number of rotatable bonds is 1. The van der Waals surface area contributed by atoms with Crippen molar-refractivity contribution in [2.75, 3.05) is 38.1 Å². The summed E-state index contributed by atoms with van der Waals surface area (Å²) in [5, 5.41) is 1.11. The quantitative estimate of drug-likeness (QED) is 0.843. The minimum Gasteiger partial charge on any atom is -0.365 e. The number of aromatic nitrogens is 1. The first-order valence-corrected chi connectivity index (χ1v) is 6.71. The van der Waals surface area contributed by atoms with Gasteiger partial charge < -0.3 is 14.8 Å². The number of nitrogens with one attached hydrogen (secondary N) is 1. The lowest BCUT2D eigenvalue weighted by atomic mass is 10.1. The maximum atomic E-state index is 12.3. The van der Waals surface area contributed by atoms with Gasteiger partial charge in [-0.15, -0.1) is 0 Å². The van der Waals surface area contributed by atoms with E-state index in [1.54, 1.807) is 0 Å². The third-order valence-corrected chi connectivity index (χ3v) is 3.91. The number of benzene rings is 1. The van der Waals surface area contributed by atoms with Gasteiger partial charge >= 0.3 is 0 Å². The second-order valence-corrected chi connectivity index (χ2v) is 5.31. The van der Waals surface area contributed by atoms with Crippen LogP contribution < -0.4 is 10.5 Å². The number of para-hydroxylation sites is 1. The van der Waals surface area contributed by atoms with Crippen LogP contribution in [0, 0.1) is 6.92 Å². The van der Waals surface area contributed by atoms with Gasteiger partial charge in [-0.25, -0.2) is 0 Å². The molecule has 2 heterocycles. The molecule has 0 atom stereocenters. The molecule has 0 amide bonds. The molecule has 1 aliphatic rings. The number of H-pyrrole nitrogens is 1. The Balaban J connectivity index is 2.05. The number of aromatic amines is 1. The molecular formula is C15H19N3O. The van der Waals surface area contributed by atoms with Gasteiger partial charge in [0.2, 0.25) is 0 Å². The van der Waals surface area contributed by atoms with E-state index in [0.717, 1.165) is 48.3 Å². The molecule has 1 N–H and O–H groups in total. The first kappa shape index (κ1) is 12.2. The number of aryl methyl sites for hydroxylation is 1. The molecule has 0 bridgehead atoms. The van der Waals surface area contributed by atoms with Crippen LogP contribution in [0.25, 0.3) is 10.9 Å². The normalized spacial score (nSPS) is 17.1. The SMILES string of the molecule is Cc1cccc2cc(N3CCN(C)CC3)c(=O)[nH]c12. The number of likely N-dealkylation sites (N-methyl/N-ethyl adjacent to an activating group) is 1. The van der Waals surface area contributed by atoms with Gasteiger partial charge in [0.1, 0.15) is 5.69 Å². The molecule has 1 aromatic heterocycles. The minimum absolute atomic E-state index is 0.0198. The van der Waals surface area contributed by atoms with Crippen LogP contribution in [0.5, 0.6) is 0 Å². The third kappa shape index (κ3) is 2.24. The number of anilines is 1. The van der Waals surface area contributed by atoms with E-state index < -0.39 is 0 Å². The molecule has 1 fully saturated rings. The third-order valence-electron chi connectivity index (χ3n) is 3.91. The Bertz CT molecular complexity index is 654. The van der Waals surface area contributed by atoms with Gasteiger partial charge in [0.15, 0.2) is 0 Å². The standard InChI is InChI=1S/C15H19N3O/c1-11-4-3-5-12-10-13(15(19)16-14(11)12)18-8-6-17(2)7-9-18/h3-5,10H,6-9H2,1-2H3,(H,16,19). The zero-order chi connectivity index (χ0) is 13.4. The highest BCUT2D eigenvalue weighted by atomic mass is 16.1. The molecule has 1 aromatic carbocycles. The van der Waals surface area contributed by atoms with E-state index in [4.69, 9.17) is 0 Å². The van der Waals surface area contributed by atoms with Crippen molar-refractivity contribution < 1.29 is 0 Å². The highest BCUT2D eigenvalue weighted by molar-refractivity contribution is 5.84. The number of fused-ring (bicyclic) bond motifs is 1. The van der Waals surface area contributed by atoms with Crippen LogP contribution in [-0.4, -0.2) is 43.1 Å². The Hall–Kier alpha value is -1.81. The fraction of sp³-hybridized carbons (Fsp3) is 0.400. The van der Waals surface area contributed by atoms with E-state index in [1.165, 1.54) is 0 Å². The Labute approximate surface area is 112 Å². The molecular weight excluding hydrogens is 238 g/mol. The van der Waals surface area contributed by atoms with Crippen molar-refractivity contribution in [2.24, 2.45) is 0 Å². The predicted molar refractivity (Wildman–Crippen MR) is 79.0 cm³/mol. The smallest absolute Gasteiger partial charge is 0.271 e. The van der Waals surface area contributed by atoms with Crippen LogP contribution in [-0.2, 0) is 0 Å². The number of hydrogen-bond donors (Lipinski definition) is 1. The zero-order valence-electron chi connectivity index (χ0n) is 11.4. The first-order valence-electron chi connectivity index (χ1n) is 6.71. The lowest BCUT2D eigenvalue weighted by molar-refractivity contribution is 0.312. The Morgan fingerprint density at radius 2 is 1.89 bits per heavy atom. The Morgan fingerprint density at radius 3 is 2.63 bits per heavy atom. The van der Waals surface area contributed by atoms with Crippen molar-refractivity contribution in [3.8, 4) is 0 Å². The van der Waals surface area contributed by atoms with E-state index in [-0.39, 0.29) is 5.56 Å². The fourth-order valence-electron chi connectivity index (χ4n) is 2.65. The molecule has 0 unspecified atom stereocenters. The molecule has 1 saturated heterocycles. The number of hydrogen-bond acceptors (Lipinski definition) is 3. The maximum absolute atomic E-state index is 12.3. The second kappa shape index (κ2) is 4.70. The van der Waals surface area contributed by atoms with Crippen molar-refractivity contribution in [3.05, 3.63) is 40.2 Å². The zero-order valence-corrected chi connectivity index (χ0v) is 11.4. The fourth-order valence-corrected chi connectivity index (χ4v) is 2.65. The van der Waals surface area contributed by atoms with Crippen LogP contribution in [0.2, 0.25) is 0 Å². The lowest BCUT2D eigenvalue weighted by Gasteiger charge is -2.33. The molecule has 0 radical (unpaired) electrons. The molecule has 4 heteroatoms. The van der Waals surface area contributed by atoms with Gasteiger partial charge in [-0.3, -0.25) is 4.79 Å². The van der Waals surface area contributed by atoms with Crippen molar-refractivity contribution in [3.63, 3.8) is 0 Å². The average Bonchev–Trinajstić information content (AvgIpc) is 2.40. The molecule has 4 nitrogen and oxygen atoms in total. The summed E-state index contributed by atoms with van der Waals surface area (Å²) in [4.78, 5) is 19.7. The van der Waals surface area contributed by atoms with E-state index in [0.29, 0.717) is 0 Å². The average molecular weight is 257 g/mol. The topological polar surface area (TPSA) is 39.3 Å². The van der Waals surface area contributed by atoms with Gasteiger partial charge in [-0.05, 0) is 25.6 Å². The second-order valence-electron chi connectivity index (χ2n) is 5.31. The number of nitrogens with zero attached hydrogens (tertiary/aromatic N) is 2. The summed E-state index contributed by atoms with van der Waals surface area (Å²) in [5.41, 5.74) is 2.88. The molecule has 2 aromatic rings. The Morgan fingerprint density at radius 1 is 1.16 bits per heavy atom. The van der Waals surface area contributed by atoms with E-state index >= 15 is 0 Å². The van der Waals surface area contributed by atoms with E-state index in [2.05, 4.69) is 27.9 Å². The minimum atomic E-state index is 0.0198. The molecule has 100 valence electrons. The highest BCUT2D eigenvalue weighted by Gasteiger charge is 2.17. The number of piperazine rings is 1. The largest absolute Gasteiger partial charge is 0.365 e. The molecule has 0 aliphatic carbocycles. The van der Waals surface area contributed by atoms with Crippen molar-refractivity contribution in [1.82, 2.24) is 9.88 Å². The van der Waals surface area contributed by atoms with Gasteiger partial charge in [0.25, 0.3) is 5.56 Å². The highest BCUT2D eigenvalue weighted by Crippen LogP contribution is 2.19. The van der Waals surface area contributed by atoms with Crippen molar-refractivity contribution in [2.45, 2.75) is 6.92 Å². The van der Waals surface area contributed by atoms with Crippen molar-refractivity contribution >= 4 is 16.6 Å². The van der Waals surface area contributed by atoms with E-state index in [1.807, 2.05) is 25.1 Å². The van der Waals surface area contributed by atoms with Crippen LogP contribution in [0.4, 0.5) is 5.69 Å². The summed E-state index contributed by atoms with van der Waals surface area (Å²) in [6.45, 7) is 5.86. The summed E-state index contributed by atoms with van der Waals surface area (Å²) in [6, 6.07) is 8.13. The molecule has 3 rings (SSSR count). The maximum Gasteiger partial charge on any atom is 0.271 e. The molecule has 0 saturated carbocycles. The summed E-state index contributed by atoms with van der Waals surface area (Å²) >= 11 is 0. The van der Waals surface area contributed by atoms with Gasteiger partial charge in [-0.2, -0.15) is 0 Å².